The number of hydrogen-bond acceptors (Lipinski definition) is 4. The van der Waals surface area contributed by atoms with Gasteiger partial charge in [0.05, 0.1) is 7.11 Å². The Labute approximate surface area is 94.8 Å². The van der Waals surface area contributed by atoms with Crippen molar-refractivity contribution in [3.63, 3.8) is 0 Å². The molecule has 16 heavy (non-hydrogen) atoms. The molecule has 0 bridgehead atoms. The van der Waals surface area contributed by atoms with E-state index in [0.717, 1.165) is 5.56 Å². The van der Waals surface area contributed by atoms with Gasteiger partial charge in [-0.3, -0.25) is 4.79 Å². The molecule has 5 heteroatoms. The highest BCUT2D eigenvalue weighted by molar-refractivity contribution is 5.80. The summed E-state index contributed by atoms with van der Waals surface area (Å²) in [5.74, 6) is 0.415. The Balaban J connectivity index is 2.45. The van der Waals surface area contributed by atoms with Gasteiger partial charge in [-0.15, -0.1) is 0 Å². The molecule has 0 aliphatic heterocycles. The number of nitrogens with one attached hydrogen (secondary N) is 1. The van der Waals surface area contributed by atoms with Crippen LogP contribution in [0.15, 0.2) is 18.3 Å². The average Bonchev–Trinajstić information content (AvgIpc) is 2.35. The summed E-state index contributed by atoms with van der Waals surface area (Å²) in [5, 5.41) is 2.74. The Morgan fingerprint density at radius 3 is 2.75 bits per heavy atom. The number of carbonyl (C=O) groups excluding carboxylic acids is 1. The van der Waals surface area contributed by atoms with E-state index in [1.165, 1.54) is 7.11 Å². The van der Waals surface area contributed by atoms with Gasteiger partial charge in [0, 0.05) is 25.9 Å². The van der Waals surface area contributed by atoms with Crippen LogP contribution >= 0.6 is 0 Å². The number of rotatable bonds is 5. The number of carbonyl (C=O) groups is 1. The van der Waals surface area contributed by atoms with E-state index in [-0.39, 0.29) is 5.91 Å². The van der Waals surface area contributed by atoms with E-state index in [9.17, 15) is 4.79 Å². The van der Waals surface area contributed by atoms with Crippen LogP contribution in [0.3, 0.4) is 0 Å². The first-order valence-corrected chi connectivity index (χ1v) is 4.96. The summed E-state index contributed by atoms with van der Waals surface area (Å²) < 4.78 is 9.82. The van der Waals surface area contributed by atoms with Crippen molar-refractivity contribution in [2.75, 3.05) is 14.2 Å². The molecule has 1 aromatic heterocycles. The average molecular weight is 224 g/mol. The quantitative estimate of drug-likeness (QED) is 0.801. The molecule has 0 spiro atoms. The first-order chi connectivity index (χ1) is 7.67. The maximum atomic E-state index is 11.4. The van der Waals surface area contributed by atoms with Crippen LogP contribution in [0.25, 0.3) is 0 Å². The first kappa shape index (κ1) is 12.4. The number of methoxy groups -OCH3 is 2. The van der Waals surface area contributed by atoms with Crippen molar-refractivity contribution in [3.8, 4) is 5.88 Å². The highest BCUT2D eigenvalue weighted by atomic mass is 16.5. The lowest BCUT2D eigenvalue weighted by atomic mass is 10.2. The molecule has 1 atom stereocenters. The lowest BCUT2D eigenvalue weighted by Gasteiger charge is -2.10. The number of nitrogens with zero attached hydrogens (tertiary/aromatic N) is 1. The molecule has 1 rings (SSSR count). The molecule has 5 nitrogen and oxygen atoms in total. The third kappa shape index (κ3) is 3.51. The zero-order valence-electron chi connectivity index (χ0n) is 9.69. The minimum absolute atomic E-state index is 0.140. The standard InChI is InChI=1S/C11H16N2O3/c1-8(15-2)11(14)13-7-9-4-5-10(16-3)12-6-9/h4-6,8H,7H2,1-3H3,(H,13,14). The van der Waals surface area contributed by atoms with Crippen LogP contribution < -0.4 is 10.1 Å². The molecule has 0 aliphatic carbocycles. The molecule has 1 unspecified atom stereocenters. The van der Waals surface area contributed by atoms with Gasteiger partial charge in [0.2, 0.25) is 11.8 Å². The molecular weight excluding hydrogens is 208 g/mol. The van der Waals surface area contributed by atoms with Crippen LogP contribution in [0.4, 0.5) is 0 Å². The van der Waals surface area contributed by atoms with Crippen molar-refractivity contribution in [1.82, 2.24) is 10.3 Å². The lowest BCUT2D eigenvalue weighted by Crippen LogP contribution is -2.33. The molecular formula is C11H16N2O3. The SMILES string of the molecule is COc1ccc(CNC(=O)C(C)OC)cn1. The molecule has 1 heterocycles. The number of pyridine rings is 1. The highest BCUT2D eigenvalue weighted by Crippen LogP contribution is 2.06. The first-order valence-electron chi connectivity index (χ1n) is 4.96. The van der Waals surface area contributed by atoms with Gasteiger partial charge < -0.3 is 14.8 Å². The van der Waals surface area contributed by atoms with Crippen LogP contribution in [-0.2, 0) is 16.1 Å². The Kier molecular flexibility index (Phi) is 4.72. The van der Waals surface area contributed by atoms with Gasteiger partial charge in [-0.25, -0.2) is 4.98 Å². The van der Waals surface area contributed by atoms with E-state index in [0.29, 0.717) is 12.4 Å². The van der Waals surface area contributed by atoms with E-state index in [1.807, 2.05) is 6.07 Å². The van der Waals surface area contributed by atoms with Gasteiger partial charge in [0.1, 0.15) is 6.10 Å². The Morgan fingerprint density at radius 1 is 1.50 bits per heavy atom. The fraction of sp³-hybridized carbons (Fsp3) is 0.455. The molecule has 0 fully saturated rings. The van der Waals surface area contributed by atoms with Crippen LogP contribution in [0, 0.1) is 0 Å². The molecule has 1 N–H and O–H groups in total. The second-order valence-electron chi connectivity index (χ2n) is 3.30. The molecule has 0 aromatic carbocycles. The summed E-state index contributed by atoms with van der Waals surface area (Å²) in [6.45, 7) is 2.13. The van der Waals surface area contributed by atoms with Crippen molar-refractivity contribution in [1.29, 1.82) is 0 Å². The van der Waals surface area contributed by atoms with E-state index >= 15 is 0 Å². The van der Waals surface area contributed by atoms with Gasteiger partial charge in [0.25, 0.3) is 0 Å². The summed E-state index contributed by atoms with van der Waals surface area (Å²) in [4.78, 5) is 15.4. The number of hydrogen-bond donors (Lipinski definition) is 1. The third-order valence-corrected chi connectivity index (χ3v) is 2.20. The maximum absolute atomic E-state index is 11.4. The van der Waals surface area contributed by atoms with E-state index < -0.39 is 6.10 Å². The second kappa shape index (κ2) is 6.07. The largest absolute Gasteiger partial charge is 0.481 e. The summed E-state index contributed by atoms with van der Waals surface area (Å²) in [6.07, 6.45) is 1.22. The summed E-state index contributed by atoms with van der Waals surface area (Å²) in [6, 6.07) is 3.60. The molecule has 88 valence electrons. The summed E-state index contributed by atoms with van der Waals surface area (Å²) in [7, 11) is 3.06. The topological polar surface area (TPSA) is 60.5 Å². The van der Waals surface area contributed by atoms with Crippen LogP contribution in [0.5, 0.6) is 5.88 Å². The highest BCUT2D eigenvalue weighted by Gasteiger charge is 2.10. The Morgan fingerprint density at radius 2 is 2.25 bits per heavy atom. The lowest BCUT2D eigenvalue weighted by molar-refractivity contribution is -0.130. The maximum Gasteiger partial charge on any atom is 0.249 e. The molecule has 0 radical (unpaired) electrons. The predicted molar refractivity (Wildman–Crippen MR) is 59.1 cm³/mol. The van der Waals surface area contributed by atoms with E-state index in [4.69, 9.17) is 9.47 Å². The van der Waals surface area contributed by atoms with Crippen molar-refractivity contribution < 1.29 is 14.3 Å². The molecule has 0 aliphatic rings. The van der Waals surface area contributed by atoms with Gasteiger partial charge >= 0.3 is 0 Å². The van der Waals surface area contributed by atoms with Gasteiger partial charge in [-0.1, -0.05) is 6.07 Å². The molecule has 1 aromatic rings. The van der Waals surface area contributed by atoms with Crippen LogP contribution in [0.1, 0.15) is 12.5 Å². The fourth-order valence-electron chi connectivity index (χ4n) is 1.08. The van der Waals surface area contributed by atoms with Crippen molar-refractivity contribution in [3.05, 3.63) is 23.9 Å². The predicted octanol–water partition coefficient (Wildman–Crippen LogP) is 0.741. The third-order valence-electron chi connectivity index (χ3n) is 2.20. The fourth-order valence-corrected chi connectivity index (χ4v) is 1.08. The number of ether oxygens (including phenoxy) is 2. The number of aromatic nitrogens is 1. The molecule has 0 saturated heterocycles. The van der Waals surface area contributed by atoms with Gasteiger partial charge in [-0.05, 0) is 12.5 Å². The summed E-state index contributed by atoms with van der Waals surface area (Å²) in [5.41, 5.74) is 0.914. The monoisotopic (exact) mass is 224 g/mol. The summed E-state index contributed by atoms with van der Waals surface area (Å²) >= 11 is 0. The smallest absolute Gasteiger partial charge is 0.249 e. The van der Waals surface area contributed by atoms with Crippen molar-refractivity contribution >= 4 is 5.91 Å². The number of amides is 1. The van der Waals surface area contributed by atoms with E-state index in [1.54, 1.807) is 26.3 Å². The van der Waals surface area contributed by atoms with Gasteiger partial charge in [0.15, 0.2) is 0 Å². The molecule has 1 amide bonds. The minimum Gasteiger partial charge on any atom is -0.481 e. The molecule has 0 saturated carbocycles. The van der Waals surface area contributed by atoms with Crippen LogP contribution in [0.2, 0.25) is 0 Å². The zero-order chi connectivity index (χ0) is 12.0. The zero-order valence-corrected chi connectivity index (χ0v) is 9.69. The van der Waals surface area contributed by atoms with E-state index in [2.05, 4.69) is 10.3 Å². The Bertz CT molecular complexity index is 338. The normalized spacial score (nSPS) is 11.9. The Hall–Kier alpha value is -1.62. The minimum atomic E-state index is -0.439. The van der Waals surface area contributed by atoms with Gasteiger partial charge in [-0.2, -0.15) is 0 Å². The second-order valence-corrected chi connectivity index (χ2v) is 3.30. The van der Waals surface area contributed by atoms with Crippen molar-refractivity contribution in [2.45, 2.75) is 19.6 Å². The van der Waals surface area contributed by atoms with Crippen molar-refractivity contribution in [2.24, 2.45) is 0 Å². The van der Waals surface area contributed by atoms with Crippen LogP contribution in [-0.4, -0.2) is 31.2 Å².